The van der Waals surface area contributed by atoms with Gasteiger partial charge in [-0.15, -0.1) is 0 Å². The standard InChI is InChI=1S/C14H18N2O6/c1-4-21-11-7-9(5-6-10(11)20-3)13(18)22-8(2)12(17)16-14(15)19/h5-8H,4H2,1-3H3,(H3,15,16,17,19). The van der Waals surface area contributed by atoms with Gasteiger partial charge in [-0.2, -0.15) is 0 Å². The predicted molar refractivity (Wildman–Crippen MR) is 76.8 cm³/mol. The fourth-order valence-corrected chi connectivity index (χ4v) is 1.58. The third-order valence-corrected chi connectivity index (χ3v) is 2.60. The summed E-state index contributed by atoms with van der Waals surface area (Å²) in [5.41, 5.74) is 5.00. The molecule has 3 N–H and O–H groups in total. The lowest BCUT2D eigenvalue weighted by Crippen LogP contribution is -2.42. The van der Waals surface area contributed by atoms with Gasteiger partial charge in [-0.25, -0.2) is 9.59 Å². The number of hydrogen-bond donors (Lipinski definition) is 2. The van der Waals surface area contributed by atoms with Crippen LogP contribution in [0.5, 0.6) is 11.5 Å². The van der Waals surface area contributed by atoms with E-state index in [1.165, 1.54) is 26.2 Å². The third-order valence-electron chi connectivity index (χ3n) is 2.60. The SMILES string of the molecule is CCOc1cc(C(=O)OC(C)C(=O)NC(N)=O)ccc1OC. The minimum absolute atomic E-state index is 0.183. The molecule has 0 saturated carbocycles. The molecule has 1 aromatic rings. The van der Waals surface area contributed by atoms with Crippen molar-refractivity contribution in [2.24, 2.45) is 5.73 Å². The van der Waals surface area contributed by atoms with Crippen molar-refractivity contribution < 1.29 is 28.6 Å². The number of urea groups is 1. The van der Waals surface area contributed by atoms with Gasteiger partial charge in [0.05, 0.1) is 19.3 Å². The largest absolute Gasteiger partial charge is 0.493 e. The smallest absolute Gasteiger partial charge is 0.339 e. The lowest BCUT2D eigenvalue weighted by Gasteiger charge is -2.14. The number of carbonyl (C=O) groups excluding carboxylic acids is 3. The summed E-state index contributed by atoms with van der Waals surface area (Å²) in [5.74, 6) is -0.693. The van der Waals surface area contributed by atoms with Crippen molar-refractivity contribution in [3.05, 3.63) is 23.8 Å². The Morgan fingerprint density at radius 2 is 1.95 bits per heavy atom. The number of ether oxygens (including phenoxy) is 3. The van der Waals surface area contributed by atoms with Crippen LogP contribution in [0.15, 0.2) is 18.2 Å². The molecule has 8 nitrogen and oxygen atoms in total. The molecule has 0 saturated heterocycles. The Morgan fingerprint density at radius 3 is 2.50 bits per heavy atom. The van der Waals surface area contributed by atoms with E-state index in [1.54, 1.807) is 13.0 Å². The molecule has 8 heteroatoms. The second-order valence-electron chi connectivity index (χ2n) is 4.20. The summed E-state index contributed by atoms with van der Waals surface area (Å²) in [7, 11) is 1.48. The van der Waals surface area contributed by atoms with E-state index in [0.717, 1.165) is 0 Å². The maximum atomic E-state index is 12.0. The number of esters is 1. The van der Waals surface area contributed by atoms with Crippen LogP contribution < -0.4 is 20.5 Å². The van der Waals surface area contributed by atoms with E-state index in [9.17, 15) is 14.4 Å². The summed E-state index contributed by atoms with van der Waals surface area (Å²) in [6, 6.07) is 3.46. The first-order chi connectivity index (χ1) is 10.4. The number of primary amides is 1. The normalized spacial score (nSPS) is 11.2. The first-order valence-electron chi connectivity index (χ1n) is 6.51. The Balaban J connectivity index is 2.83. The van der Waals surface area contributed by atoms with Crippen LogP contribution in [-0.4, -0.2) is 37.7 Å². The highest BCUT2D eigenvalue weighted by atomic mass is 16.5. The minimum atomic E-state index is -1.17. The molecule has 0 aliphatic carbocycles. The Labute approximate surface area is 127 Å². The molecule has 0 heterocycles. The van der Waals surface area contributed by atoms with E-state index in [4.69, 9.17) is 19.9 Å². The average molecular weight is 310 g/mol. The fourth-order valence-electron chi connectivity index (χ4n) is 1.58. The molecule has 0 fully saturated rings. The Bertz CT molecular complexity index is 572. The van der Waals surface area contributed by atoms with Gasteiger partial charge in [0.25, 0.3) is 5.91 Å². The number of nitrogens with two attached hydrogens (primary N) is 1. The number of nitrogens with one attached hydrogen (secondary N) is 1. The van der Waals surface area contributed by atoms with Crippen molar-refractivity contribution >= 4 is 17.9 Å². The summed E-state index contributed by atoms with van der Waals surface area (Å²) in [5, 5.41) is 1.83. The molecule has 0 bridgehead atoms. The molecule has 1 rings (SSSR count). The molecule has 0 aliphatic rings. The predicted octanol–water partition coefficient (Wildman–Crippen LogP) is 0.834. The van der Waals surface area contributed by atoms with Gasteiger partial charge in [0.1, 0.15) is 0 Å². The molecule has 0 aliphatic heterocycles. The molecule has 3 amide bonds. The number of hydrogen-bond acceptors (Lipinski definition) is 6. The van der Waals surface area contributed by atoms with Crippen LogP contribution >= 0.6 is 0 Å². The van der Waals surface area contributed by atoms with Gasteiger partial charge in [-0.05, 0) is 32.0 Å². The molecule has 22 heavy (non-hydrogen) atoms. The molecular formula is C14H18N2O6. The van der Waals surface area contributed by atoms with Crippen LogP contribution in [0, 0.1) is 0 Å². The number of methoxy groups -OCH3 is 1. The van der Waals surface area contributed by atoms with Crippen molar-refractivity contribution in [3.63, 3.8) is 0 Å². The van der Waals surface area contributed by atoms with Crippen molar-refractivity contribution in [2.75, 3.05) is 13.7 Å². The minimum Gasteiger partial charge on any atom is -0.493 e. The average Bonchev–Trinajstić information content (AvgIpc) is 2.46. The third kappa shape index (κ3) is 4.65. The summed E-state index contributed by atoms with van der Waals surface area (Å²) in [6.07, 6.45) is -1.17. The van der Waals surface area contributed by atoms with Crippen LogP contribution in [0.3, 0.4) is 0 Å². The van der Waals surface area contributed by atoms with E-state index >= 15 is 0 Å². The number of imide groups is 1. The Kier molecular flexibility index (Phi) is 6.18. The molecule has 1 unspecified atom stereocenters. The number of carbonyl (C=O) groups is 3. The quantitative estimate of drug-likeness (QED) is 0.752. The zero-order chi connectivity index (χ0) is 16.7. The molecule has 0 aromatic heterocycles. The van der Waals surface area contributed by atoms with E-state index in [-0.39, 0.29) is 5.56 Å². The Morgan fingerprint density at radius 1 is 1.27 bits per heavy atom. The van der Waals surface area contributed by atoms with Crippen molar-refractivity contribution in [3.8, 4) is 11.5 Å². The van der Waals surface area contributed by atoms with Gasteiger partial charge in [-0.1, -0.05) is 0 Å². The monoisotopic (exact) mass is 310 g/mol. The second kappa shape index (κ2) is 7.87. The highest BCUT2D eigenvalue weighted by Crippen LogP contribution is 2.28. The first-order valence-corrected chi connectivity index (χ1v) is 6.51. The van der Waals surface area contributed by atoms with E-state index in [0.29, 0.717) is 18.1 Å². The van der Waals surface area contributed by atoms with Crippen molar-refractivity contribution in [2.45, 2.75) is 20.0 Å². The number of benzene rings is 1. The van der Waals surface area contributed by atoms with Gasteiger partial charge >= 0.3 is 12.0 Å². The molecule has 1 atom stereocenters. The topological polar surface area (TPSA) is 117 Å². The van der Waals surface area contributed by atoms with Gasteiger partial charge in [0, 0.05) is 0 Å². The summed E-state index contributed by atoms with van der Waals surface area (Å²) < 4.78 is 15.4. The lowest BCUT2D eigenvalue weighted by atomic mass is 10.2. The van der Waals surface area contributed by atoms with E-state index < -0.39 is 24.0 Å². The number of rotatable bonds is 6. The molecule has 120 valence electrons. The van der Waals surface area contributed by atoms with Crippen LogP contribution in [0.25, 0.3) is 0 Å². The van der Waals surface area contributed by atoms with Crippen molar-refractivity contribution in [1.29, 1.82) is 0 Å². The van der Waals surface area contributed by atoms with Crippen LogP contribution in [0.2, 0.25) is 0 Å². The van der Waals surface area contributed by atoms with Gasteiger partial charge in [-0.3, -0.25) is 10.1 Å². The zero-order valence-corrected chi connectivity index (χ0v) is 12.5. The first kappa shape index (κ1) is 17.3. The van der Waals surface area contributed by atoms with Gasteiger partial charge < -0.3 is 19.9 Å². The maximum absolute atomic E-state index is 12.0. The van der Waals surface area contributed by atoms with Crippen LogP contribution in [0.4, 0.5) is 4.79 Å². The van der Waals surface area contributed by atoms with Gasteiger partial charge in [0.15, 0.2) is 17.6 Å². The summed E-state index contributed by atoms with van der Waals surface area (Å²) in [6.45, 7) is 3.51. The van der Waals surface area contributed by atoms with Crippen molar-refractivity contribution in [1.82, 2.24) is 5.32 Å². The molecule has 0 spiro atoms. The maximum Gasteiger partial charge on any atom is 0.339 e. The highest BCUT2D eigenvalue weighted by Gasteiger charge is 2.21. The highest BCUT2D eigenvalue weighted by molar-refractivity contribution is 5.98. The Hall–Kier alpha value is -2.77. The zero-order valence-electron chi connectivity index (χ0n) is 12.5. The number of amides is 3. The van der Waals surface area contributed by atoms with Crippen LogP contribution in [0.1, 0.15) is 24.2 Å². The molecule has 0 radical (unpaired) electrons. The van der Waals surface area contributed by atoms with Gasteiger partial charge in [0.2, 0.25) is 0 Å². The summed E-state index contributed by atoms with van der Waals surface area (Å²) in [4.78, 5) is 34.0. The second-order valence-corrected chi connectivity index (χ2v) is 4.20. The molecular weight excluding hydrogens is 292 g/mol. The fraction of sp³-hybridized carbons (Fsp3) is 0.357. The summed E-state index contributed by atoms with van der Waals surface area (Å²) >= 11 is 0. The van der Waals surface area contributed by atoms with E-state index in [2.05, 4.69) is 0 Å². The van der Waals surface area contributed by atoms with E-state index in [1.807, 2.05) is 5.32 Å². The van der Waals surface area contributed by atoms with Crippen LogP contribution in [-0.2, 0) is 9.53 Å². The molecule has 1 aromatic carbocycles. The lowest BCUT2D eigenvalue weighted by molar-refractivity contribution is -0.127.